The van der Waals surface area contributed by atoms with Crippen LogP contribution in [0.2, 0.25) is 0 Å². The van der Waals surface area contributed by atoms with Gasteiger partial charge in [-0.3, -0.25) is 4.79 Å². The summed E-state index contributed by atoms with van der Waals surface area (Å²) in [6.07, 6.45) is 1.42. The molecule has 0 unspecified atom stereocenters. The molecule has 6 heteroatoms. The van der Waals surface area contributed by atoms with Gasteiger partial charge in [0.15, 0.2) is 0 Å². The van der Waals surface area contributed by atoms with Gasteiger partial charge in [-0.2, -0.15) is 0 Å². The molecule has 0 bridgehead atoms. The molecule has 1 aromatic heterocycles. The number of amides is 1. The maximum atomic E-state index is 12.1. The van der Waals surface area contributed by atoms with Crippen molar-refractivity contribution >= 4 is 17.6 Å². The topological polar surface area (TPSA) is 77.5 Å². The zero-order chi connectivity index (χ0) is 17.5. The van der Waals surface area contributed by atoms with Gasteiger partial charge in [-0.15, -0.1) is 0 Å². The number of nitrogens with one attached hydrogen (secondary N) is 1. The van der Waals surface area contributed by atoms with Crippen molar-refractivity contribution in [3.05, 3.63) is 48.2 Å². The highest BCUT2D eigenvalue weighted by Crippen LogP contribution is 2.17. The molecule has 2 aromatic rings. The van der Waals surface area contributed by atoms with E-state index < -0.39 is 5.97 Å². The fraction of sp³-hybridized carbons (Fsp3) is 0.278. The number of carbonyl (C=O) groups excluding carboxylic acids is 2. The average molecular weight is 328 g/mol. The molecule has 0 saturated heterocycles. The Balaban J connectivity index is 1.95. The Morgan fingerprint density at radius 3 is 2.38 bits per heavy atom. The normalized spacial score (nSPS) is 10.3. The number of nitrogens with zero attached hydrogens (tertiary/aromatic N) is 1. The predicted molar refractivity (Wildman–Crippen MR) is 90.3 cm³/mol. The molecule has 0 spiro atoms. The second-order valence-electron chi connectivity index (χ2n) is 5.69. The maximum Gasteiger partial charge on any atom is 0.345 e. The number of anilines is 1. The molecule has 126 valence electrons. The number of carbonyl (C=O) groups is 2. The van der Waals surface area contributed by atoms with Crippen LogP contribution in [0.5, 0.6) is 11.6 Å². The van der Waals surface area contributed by atoms with E-state index in [-0.39, 0.29) is 5.91 Å². The lowest BCUT2D eigenvalue weighted by molar-refractivity contribution is -0.114. The van der Waals surface area contributed by atoms with Crippen LogP contribution in [-0.4, -0.2) is 23.5 Å². The second-order valence-corrected chi connectivity index (χ2v) is 5.69. The number of rotatable bonds is 6. The van der Waals surface area contributed by atoms with Crippen LogP contribution in [-0.2, 0) is 4.79 Å². The van der Waals surface area contributed by atoms with Gasteiger partial charge in [0, 0.05) is 24.9 Å². The summed E-state index contributed by atoms with van der Waals surface area (Å²) >= 11 is 0. The number of pyridine rings is 1. The molecule has 24 heavy (non-hydrogen) atoms. The largest absolute Gasteiger partial charge is 0.477 e. The SMILES string of the molecule is CC(=O)Nc1ccc(OC(=O)c2ccc(OCC(C)C)nc2)cc1. The van der Waals surface area contributed by atoms with Crippen molar-refractivity contribution in [2.45, 2.75) is 20.8 Å². The molecule has 2 rings (SSSR count). The van der Waals surface area contributed by atoms with E-state index in [4.69, 9.17) is 9.47 Å². The predicted octanol–water partition coefficient (Wildman–Crippen LogP) is 3.29. The smallest absolute Gasteiger partial charge is 0.345 e. The van der Waals surface area contributed by atoms with Gasteiger partial charge in [0.05, 0.1) is 12.2 Å². The standard InChI is InChI=1S/C18H20N2O4/c1-12(2)11-23-17-9-4-14(10-19-17)18(22)24-16-7-5-15(6-8-16)20-13(3)21/h4-10,12H,11H2,1-3H3,(H,20,21). The van der Waals surface area contributed by atoms with Crippen molar-refractivity contribution in [1.29, 1.82) is 0 Å². The summed E-state index contributed by atoms with van der Waals surface area (Å²) < 4.78 is 10.7. The van der Waals surface area contributed by atoms with Crippen LogP contribution in [0, 0.1) is 5.92 Å². The molecule has 0 saturated carbocycles. The first-order chi connectivity index (χ1) is 11.4. The van der Waals surface area contributed by atoms with E-state index >= 15 is 0 Å². The molecule has 0 radical (unpaired) electrons. The first kappa shape index (κ1) is 17.5. The first-order valence-corrected chi connectivity index (χ1v) is 7.62. The van der Waals surface area contributed by atoms with Gasteiger partial charge >= 0.3 is 5.97 Å². The van der Waals surface area contributed by atoms with Gasteiger partial charge in [-0.05, 0) is 36.2 Å². The first-order valence-electron chi connectivity index (χ1n) is 7.62. The minimum Gasteiger partial charge on any atom is -0.477 e. The molecule has 6 nitrogen and oxygen atoms in total. The Morgan fingerprint density at radius 1 is 1.12 bits per heavy atom. The van der Waals surface area contributed by atoms with E-state index in [0.29, 0.717) is 35.4 Å². The quantitative estimate of drug-likeness (QED) is 0.650. The highest BCUT2D eigenvalue weighted by atomic mass is 16.5. The summed E-state index contributed by atoms with van der Waals surface area (Å²) in [6, 6.07) is 9.78. The Kier molecular flexibility index (Phi) is 5.89. The molecule has 0 fully saturated rings. The van der Waals surface area contributed by atoms with Crippen molar-refractivity contribution in [1.82, 2.24) is 4.98 Å². The lowest BCUT2D eigenvalue weighted by Crippen LogP contribution is -2.10. The fourth-order valence-corrected chi connectivity index (χ4v) is 1.81. The third-order valence-corrected chi connectivity index (χ3v) is 2.92. The zero-order valence-corrected chi connectivity index (χ0v) is 13.9. The molecular formula is C18H20N2O4. The summed E-state index contributed by atoms with van der Waals surface area (Å²) in [5.41, 5.74) is 0.966. The van der Waals surface area contributed by atoms with Gasteiger partial charge in [-0.25, -0.2) is 9.78 Å². The molecule has 1 heterocycles. The third kappa shape index (κ3) is 5.39. The van der Waals surface area contributed by atoms with E-state index in [9.17, 15) is 9.59 Å². The van der Waals surface area contributed by atoms with Crippen molar-refractivity contribution < 1.29 is 19.1 Å². The summed E-state index contributed by atoms with van der Waals surface area (Å²) in [4.78, 5) is 27.1. The lowest BCUT2D eigenvalue weighted by Gasteiger charge is -2.08. The summed E-state index contributed by atoms with van der Waals surface area (Å²) in [5, 5.41) is 2.64. The van der Waals surface area contributed by atoms with E-state index in [0.717, 1.165) is 0 Å². The van der Waals surface area contributed by atoms with Crippen molar-refractivity contribution in [3.8, 4) is 11.6 Å². The van der Waals surface area contributed by atoms with E-state index in [1.165, 1.54) is 13.1 Å². The van der Waals surface area contributed by atoms with Gasteiger partial charge < -0.3 is 14.8 Å². The lowest BCUT2D eigenvalue weighted by atomic mass is 10.2. The Morgan fingerprint density at radius 2 is 1.83 bits per heavy atom. The van der Waals surface area contributed by atoms with Crippen LogP contribution in [0.4, 0.5) is 5.69 Å². The van der Waals surface area contributed by atoms with Crippen molar-refractivity contribution in [2.24, 2.45) is 5.92 Å². The maximum absolute atomic E-state index is 12.1. The van der Waals surface area contributed by atoms with Gasteiger partial charge in [-0.1, -0.05) is 13.8 Å². The summed E-state index contributed by atoms with van der Waals surface area (Å²) in [7, 11) is 0. The minimum absolute atomic E-state index is 0.161. The molecular weight excluding hydrogens is 308 g/mol. The van der Waals surface area contributed by atoms with Gasteiger partial charge in [0.25, 0.3) is 0 Å². The minimum atomic E-state index is -0.509. The van der Waals surface area contributed by atoms with Crippen molar-refractivity contribution in [3.63, 3.8) is 0 Å². The molecule has 0 aliphatic carbocycles. The summed E-state index contributed by atoms with van der Waals surface area (Å²) in [6.45, 7) is 6.08. The molecule has 0 atom stereocenters. The van der Waals surface area contributed by atoms with Crippen LogP contribution >= 0.6 is 0 Å². The van der Waals surface area contributed by atoms with Crippen LogP contribution in [0.3, 0.4) is 0 Å². The van der Waals surface area contributed by atoms with E-state index in [1.807, 2.05) is 13.8 Å². The summed E-state index contributed by atoms with van der Waals surface area (Å²) in [5.74, 6) is 0.585. The average Bonchev–Trinajstić information content (AvgIpc) is 2.54. The van der Waals surface area contributed by atoms with E-state index in [1.54, 1.807) is 36.4 Å². The highest BCUT2D eigenvalue weighted by Gasteiger charge is 2.10. The van der Waals surface area contributed by atoms with Crippen LogP contribution in [0.15, 0.2) is 42.6 Å². The van der Waals surface area contributed by atoms with Crippen LogP contribution in [0.25, 0.3) is 0 Å². The van der Waals surface area contributed by atoms with Crippen molar-refractivity contribution in [2.75, 3.05) is 11.9 Å². The second kappa shape index (κ2) is 8.10. The Labute approximate surface area is 140 Å². The Hall–Kier alpha value is -2.89. The number of ether oxygens (including phenoxy) is 2. The van der Waals surface area contributed by atoms with Crippen LogP contribution in [0.1, 0.15) is 31.1 Å². The van der Waals surface area contributed by atoms with Crippen LogP contribution < -0.4 is 14.8 Å². The number of aromatic nitrogens is 1. The number of hydrogen-bond donors (Lipinski definition) is 1. The Bertz CT molecular complexity index is 694. The van der Waals surface area contributed by atoms with E-state index in [2.05, 4.69) is 10.3 Å². The van der Waals surface area contributed by atoms with Gasteiger partial charge in [0.1, 0.15) is 5.75 Å². The monoisotopic (exact) mass is 328 g/mol. The molecule has 1 amide bonds. The number of hydrogen-bond acceptors (Lipinski definition) is 5. The zero-order valence-electron chi connectivity index (χ0n) is 13.9. The molecule has 1 aromatic carbocycles. The number of esters is 1. The molecule has 0 aliphatic rings. The highest BCUT2D eigenvalue weighted by molar-refractivity contribution is 5.91. The number of benzene rings is 1. The fourth-order valence-electron chi connectivity index (χ4n) is 1.81. The third-order valence-electron chi connectivity index (χ3n) is 2.92. The molecule has 1 N–H and O–H groups in total. The van der Waals surface area contributed by atoms with Gasteiger partial charge in [0.2, 0.25) is 11.8 Å². The molecule has 0 aliphatic heterocycles.